The normalized spacial score (nSPS) is 17.5. The summed E-state index contributed by atoms with van der Waals surface area (Å²) in [6.45, 7) is 11.1. The van der Waals surface area contributed by atoms with Crippen LogP contribution in [0, 0.1) is 4.78 Å². The SMILES string of the molecule is CC(C)c1cnn2c(NCc3ccccc3S(C)(=N)=O)nc(O[C@@H]3CCCNC3)nc12.CC(C)c1cnn2c(NCc3ccccc3S(C)=O)nc(OC3CCCCC3)nc12. The fourth-order valence-electron chi connectivity index (χ4n) is 7.61. The third kappa shape index (κ3) is 10.8. The zero-order chi connectivity index (χ0) is 43.1. The molecule has 2 fully saturated rings. The number of piperidine rings is 1. The third-order valence-electron chi connectivity index (χ3n) is 10.9. The first-order chi connectivity index (χ1) is 29.4. The molecular weight excluding hydrogens is 813 g/mol. The fourth-order valence-corrected chi connectivity index (χ4v) is 9.37. The van der Waals surface area contributed by atoms with Crippen LogP contribution in [0.5, 0.6) is 12.0 Å². The van der Waals surface area contributed by atoms with Crippen molar-refractivity contribution in [1.29, 1.82) is 4.78 Å². The van der Waals surface area contributed by atoms with E-state index in [9.17, 15) is 8.42 Å². The van der Waals surface area contributed by atoms with Crippen LogP contribution in [0.4, 0.5) is 11.9 Å². The van der Waals surface area contributed by atoms with Gasteiger partial charge in [-0.05, 0) is 80.2 Å². The second-order valence-corrected chi connectivity index (χ2v) is 19.8. The zero-order valence-corrected chi connectivity index (χ0v) is 37.5. The maximum Gasteiger partial charge on any atom is 0.322 e. The molecule has 1 saturated heterocycles. The number of anilines is 2. The topological polar surface area (TPSA) is 199 Å². The number of fused-ring (bicyclic) bond motifs is 2. The smallest absolute Gasteiger partial charge is 0.322 e. The Morgan fingerprint density at radius 3 is 1.84 bits per heavy atom. The summed E-state index contributed by atoms with van der Waals surface area (Å²) in [5, 5.41) is 19.0. The van der Waals surface area contributed by atoms with Gasteiger partial charge in [-0.3, -0.25) is 4.21 Å². The van der Waals surface area contributed by atoms with Crippen molar-refractivity contribution in [2.45, 2.75) is 120 Å². The molecule has 16 nitrogen and oxygen atoms in total. The lowest BCUT2D eigenvalue weighted by atomic mass is 9.98. The van der Waals surface area contributed by atoms with E-state index in [-0.39, 0.29) is 24.0 Å². The lowest BCUT2D eigenvalue weighted by Crippen LogP contribution is -2.37. The van der Waals surface area contributed by atoms with Crippen molar-refractivity contribution in [3.63, 3.8) is 0 Å². The van der Waals surface area contributed by atoms with Crippen LogP contribution in [-0.4, -0.2) is 85.4 Å². The number of benzene rings is 2. The van der Waals surface area contributed by atoms with E-state index in [1.165, 1.54) is 25.5 Å². The molecular formula is C43H58N12O4S2. The van der Waals surface area contributed by atoms with E-state index in [0.717, 1.165) is 71.6 Å². The molecule has 2 aliphatic rings. The molecule has 0 spiro atoms. The Morgan fingerprint density at radius 2 is 1.30 bits per heavy atom. The average Bonchev–Trinajstić information content (AvgIpc) is 3.88. The molecule has 18 heteroatoms. The predicted octanol–water partition coefficient (Wildman–Crippen LogP) is 7.33. The van der Waals surface area contributed by atoms with Gasteiger partial charge in [-0.25, -0.2) is 8.99 Å². The van der Waals surface area contributed by atoms with Gasteiger partial charge in [0.05, 0.1) is 37.8 Å². The Morgan fingerprint density at radius 1 is 0.770 bits per heavy atom. The van der Waals surface area contributed by atoms with Gasteiger partial charge >= 0.3 is 12.0 Å². The lowest BCUT2D eigenvalue weighted by Gasteiger charge is -2.23. The van der Waals surface area contributed by atoms with Crippen molar-refractivity contribution < 1.29 is 17.9 Å². The van der Waals surface area contributed by atoms with Crippen molar-refractivity contribution in [2.75, 3.05) is 36.2 Å². The highest BCUT2D eigenvalue weighted by atomic mass is 32.2. The summed E-state index contributed by atoms with van der Waals surface area (Å²) in [5.74, 6) is 1.61. The van der Waals surface area contributed by atoms with Gasteiger partial charge in [-0.1, -0.05) is 70.5 Å². The van der Waals surface area contributed by atoms with Crippen molar-refractivity contribution in [2.24, 2.45) is 0 Å². The van der Waals surface area contributed by atoms with Gasteiger partial charge in [0.25, 0.3) is 0 Å². The van der Waals surface area contributed by atoms with Gasteiger partial charge in [0.2, 0.25) is 11.9 Å². The molecule has 2 unspecified atom stereocenters. The minimum atomic E-state index is -2.84. The van der Waals surface area contributed by atoms with Crippen LogP contribution >= 0.6 is 0 Å². The molecule has 326 valence electrons. The zero-order valence-electron chi connectivity index (χ0n) is 35.9. The van der Waals surface area contributed by atoms with Crippen molar-refractivity contribution in [1.82, 2.24) is 44.5 Å². The van der Waals surface area contributed by atoms with Crippen molar-refractivity contribution >= 4 is 43.7 Å². The maximum absolute atomic E-state index is 12.4. The van der Waals surface area contributed by atoms with Gasteiger partial charge in [0.1, 0.15) is 12.2 Å². The van der Waals surface area contributed by atoms with E-state index in [1.807, 2.05) is 48.8 Å². The molecule has 3 atom stereocenters. The number of hydrogen-bond acceptors (Lipinski definition) is 14. The summed E-state index contributed by atoms with van der Waals surface area (Å²) in [5.41, 5.74) is 5.30. The summed E-state index contributed by atoms with van der Waals surface area (Å²) in [4.78, 5) is 19.9. The van der Waals surface area contributed by atoms with Gasteiger partial charge < -0.3 is 25.4 Å². The molecule has 2 aromatic carbocycles. The predicted molar refractivity (Wildman–Crippen MR) is 239 cm³/mol. The van der Waals surface area contributed by atoms with Crippen LogP contribution in [-0.2, 0) is 33.6 Å². The van der Waals surface area contributed by atoms with Crippen LogP contribution in [0.15, 0.2) is 70.7 Å². The largest absolute Gasteiger partial charge is 0.460 e. The molecule has 6 aromatic rings. The second-order valence-electron chi connectivity index (χ2n) is 16.3. The molecule has 61 heavy (non-hydrogen) atoms. The molecule has 4 N–H and O–H groups in total. The Bertz CT molecular complexity index is 2560. The van der Waals surface area contributed by atoms with Crippen LogP contribution in [0.1, 0.15) is 107 Å². The van der Waals surface area contributed by atoms with Crippen LogP contribution in [0.2, 0.25) is 0 Å². The number of ether oxygens (including phenoxy) is 2. The van der Waals surface area contributed by atoms with E-state index in [1.54, 1.807) is 27.4 Å². The van der Waals surface area contributed by atoms with Crippen molar-refractivity contribution in [3.05, 3.63) is 83.2 Å². The van der Waals surface area contributed by atoms with Crippen LogP contribution in [0.25, 0.3) is 11.3 Å². The molecule has 0 bridgehead atoms. The Kier molecular flexibility index (Phi) is 14.1. The highest BCUT2D eigenvalue weighted by Gasteiger charge is 2.22. The second kappa shape index (κ2) is 19.7. The van der Waals surface area contributed by atoms with Crippen LogP contribution < -0.4 is 25.4 Å². The summed E-state index contributed by atoms with van der Waals surface area (Å²) >= 11 is 0. The first-order valence-electron chi connectivity index (χ1n) is 21.1. The lowest BCUT2D eigenvalue weighted by molar-refractivity contribution is 0.142. The molecule has 4 aromatic heterocycles. The monoisotopic (exact) mass is 870 g/mol. The molecule has 1 aliphatic carbocycles. The summed E-state index contributed by atoms with van der Waals surface area (Å²) < 4.78 is 48.1. The average molecular weight is 871 g/mol. The Hall–Kier alpha value is -5.20. The summed E-state index contributed by atoms with van der Waals surface area (Å²) in [6.07, 6.45) is 14.7. The molecule has 5 heterocycles. The van der Waals surface area contributed by atoms with E-state index in [2.05, 4.69) is 68.8 Å². The van der Waals surface area contributed by atoms with E-state index in [0.29, 0.717) is 47.5 Å². The van der Waals surface area contributed by atoms with Crippen LogP contribution in [0.3, 0.4) is 0 Å². The Labute approximate surface area is 360 Å². The number of hydrogen-bond donors (Lipinski definition) is 4. The fraction of sp³-hybridized carbons (Fsp3) is 0.488. The van der Waals surface area contributed by atoms with Gasteiger partial charge in [0, 0.05) is 48.2 Å². The van der Waals surface area contributed by atoms with Crippen molar-refractivity contribution in [3.8, 4) is 12.0 Å². The van der Waals surface area contributed by atoms with Gasteiger partial charge in [0.15, 0.2) is 11.3 Å². The molecule has 1 saturated carbocycles. The molecule has 0 radical (unpaired) electrons. The number of nitrogens with zero attached hydrogens (tertiary/aromatic N) is 8. The molecule has 0 amide bonds. The molecule has 8 rings (SSSR count). The van der Waals surface area contributed by atoms with E-state index < -0.39 is 20.5 Å². The minimum Gasteiger partial charge on any atom is -0.460 e. The highest BCUT2D eigenvalue weighted by molar-refractivity contribution is 7.91. The van der Waals surface area contributed by atoms with Gasteiger partial charge in [-0.2, -0.15) is 39.2 Å². The van der Waals surface area contributed by atoms with E-state index in [4.69, 9.17) is 19.2 Å². The van der Waals surface area contributed by atoms with Gasteiger partial charge in [-0.15, -0.1) is 0 Å². The highest BCUT2D eigenvalue weighted by Crippen LogP contribution is 2.28. The Balaban J connectivity index is 0.000000184. The number of rotatable bonds is 14. The van der Waals surface area contributed by atoms with E-state index >= 15 is 0 Å². The third-order valence-corrected chi connectivity index (χ3v) is 13.1. The molecule has 1 aliphatic heterocycles. The first-order valence-corrected chi connectivity index (χ1v) is 24.6. The summed E-state index contributed by atoms with van der Waals surface area (Å²) in [6, 6.07) is 15.7. The summed E-state index contributed by atoms with van der Waals surface area (Å²) in [7, 11) is -3.90. The number of aromatic nitrogens is 8. The number of nitrogens with one attached hydrogen (secondary N) is 4. The first kappa shape index (κ1) is 43.9. The maximum atomic E-state index is 12.4. The minimum absolute atomic E-state index is 0.0308. The quantitative estimate of drug-likeness (QED) is 0.0849. The standard InChI is InChI=1S/C22H29N5O2S.C21H29N7O2S/c1-15(2)18-14-24-27-20(18)25-22(29-17-10-5-4-6-11-17)26-21(27)23-13-16-9-7-8-12-19(16)30(3)28;1-14(2)17-13-25-28-19(17)26-21(30-16-8-6-10-23-12-16)27-20(28)24-11-15-7-4-5-9-18(15)31(3,22)29/h7-9,12,14-15,17H,4-6,10-11,13H2,1-3H3,(H,23,25,26);4-5,7,9,13-14,16,22-23H,6,8,10-12H2,1-3H3,(H,24,26,27)/t;16-,31?/m.1/s1.